The molecular formula is C16H24N2O2. The van der Waals surface area contributed by atoms with Crippen LogP contribution in [0, 0.1) is 0 Å². The Morgan fingerprint density at radius 3 is 2.60 bits per heavy atom. The zero-order chi connectivity index (χ0) is 14.4. The number of nitrogens with zero attached hydrogens (tertiary/aromatic N) is 1. The summed E-state index contributed by atoms with van der Waals surface area (Å²) in [5.41, 5.74) is 7.81. The highest BCUT2D eigenvalue weighted by Crippen LogP contribution is 2.17. The molecule has 0 aromatic heterocycles. The Labute approximate surface area is 120 Å². The van der Waals surface area contributed by atoms with Crippen molar-refractivity contribution in [2.24, 2.45) is 5.73 Å². The molecule has 0 spiro atoms. The lowest BCUT2D eigenvalue weighted by Crippen LogP contribution is -2.31. The number of hydrogen-bond acceptors (Lipinski definition) is 3. The van der Waals surface area contributed by atoms with Gasteiger partial charge in [0.05, 0.1) is 12.5 Å². The fourth-order valence-electron chi connectivity index (χ4n) is 2.46. The van der Waals surface area contributed by atoms with Gasteiger partial charge in [0.25, 0.3) is 0 Å². The van der Waals surface area contributed by atoms with Gasteiger partial charge in [-0.05, 0) is 30.4 Å². The number of ether oxygens (including phenoxy) is 1. The number of carbonyl (C=O) groups is 1. The van der Waals surface area contributed by atoms with E-state index in [4.69, 9.17) is 10.5 Å². The molecule has 110 valence electrons. The van der Waals surface area contributed by atoms with E-state index in [0.717, 1.165) is 30.6 Å². The van der Waals surface area contributed by atoms with Crippen molar-refractivity contribution in [1.82, 2.24) is 4.90 Å². The molecule has 0 saturated carbocycles. The second-order valence-electron chi connectivity index (χ2n) is 5.46. The van der Waals surface area contributed by atoms with Crippen molar-refractivity contribution >= 4 is 5.91 Å². The molecule has 1 atom stereocenters. The summed E-state index contributed by atoms with van der Waals surface area (Å²) < 4.78 is 5.62. The van der Waals surface area contributed by atoms with Crippen molar-refractivity contribution in [3.8, 4) is 0 Å². The summed E-state index contributed by atoms with van der Waals surface area (Å²) in [6.45, 7) is 1.98. The summed E-state index contributed by atoms with van der Waals surface area (Å²) in [7, 11) is 1.85. The van der Waals surface area contributed by atoms with Crippen LogP contribution in [0.5, 0.6) is 0 Å². The van der Waals surface area contributed by atoms with Crippen LogP contribution in [0.15, 0.2) is 24.3 Å². The molecule has 1 heterocycles. The van der Waals surface area contributed by atoms with Crippen LogP contribution in [0.4, 0.5) is 0 Å². The van der Waals surface area contributed by atoms with Crippen LogP contribution in [0.3, 0.4) is 0 Å². The molecule has 1 fully saturated rings. The first-order valence-corrected chi connectivity index (χ1v) is 7.32. The average molecular weight is 276 g/mol. The fourth-order valence-corrected chi connectivity index (χ4v) is 2.46. The maximum atomic E-state index is 12.2. The van der Waals surface area contributed by atoms with Crippen LogP contribution in [-0.4, -0.2) is 30.6 Å². The molecule has 1 aliphatic heterocycles. The Bertz CT molecular complexity index is 425. The molecule has 1 aromatic carbocycles. The first-order chi connectivity index (χ1) is 9.69. The average Bonchev–Trinajstić information content (AvgIpc) is 2.49. The van der Waals surface area contributed by atoms with Gasteiger partial charge in [0.1, 0.15) is 0 Å². The third-order valence-electron chi connectivity index (χ3n) is 3.78. The molecule has 1 unspecified atom stereocenters. The Kier molecular flexibility index (Phi) is 5.56. The van der Waals surface area contributed by atoms with Gasteiger partial charge in [-0.1, -0.05) is 24.3 Å². The Morgan fingerprint density at radius 1 is 1.30 bits per heavy atom. The minimum Gasteiger partial charge on any atom is -0.378 e. The minimum atomic E-state index is 0.110. The number of amides is 1. The topological polar surface area (TPSA) is 55.6 Å². The van der Waals surface area contributed by atoms with Crippen LogP contribution < -0.4 is 5.73 Å². The maximum absolute atomic E-state index is 12.2. The van der Waals surface area contributed by atoms with Gasteiger partial charge in [-0.2, -0.15) is 0 Å². The summed E-state index contributed by atoms with van der Waals surface area (Å²) in [4.78, 5) is 13.9. The summed E-state index contributed by atoms with van der Waals surface area (Å²) in [5, 5.41) is 0. The third-order valence-corrected chi connectivity index (χ3v) is 3.78. The van der Waals surface area contributed by atoms with E-state index in [-0.39, 0.29) is 12.0 Å². The van der Waals surface area contributed by atoms with Gasteiger partial charge < -0.3 is 15.4 Å². The van der Waals surface area contributed by atoms with E-state index in [1.807, 2.05) is 31.3 Å². The van der Waals surface area contributed by atoms with Crippen molar-refractivity contribution in [1.29, 1.82) is 0 Å². The zero-order valence-corrected chi connectivity index (χ0v) is 12.2. The van der Waals surface area contributed by atoms with Gasteiger partial charge in [-0.25, -0.2) is 0 Å². The summed E-state index contributed by atoms with van der Waals surface area (Å²) in [6, 6.07) is 8.09. The maximum Gasteiger partial charge on any atom is 0.225 e. The van der Waals surface area contributed by atoms with Gasteiger partial charge in [0.2, 0.25) is 5.91 Å². The molecule has 0 radical (unpaired) electrons. The van der Waals surface area contributed by atoms with Gasteiger partial charge in [0, 0.05) is 26.7 Å². The first kappa shape index (κ1) is 15.0. The molecule has 20 heavy (non-hydrogen) atoms. The van der Waals surface area contributed by atoms with Gasteiger partial charge >= 0.3 is 0 Å². The van der Waals surface area contributed by atoms with Crippen LogP contribution in [0.1, 0.15) is 36.8 Å². The number of rotatable bonds is 5. The molecule has 1 aliphatic rings. The monoisotopic (exact) mass is 276 g/mol. The van der Waals surface area contributed by atoms with Crippen LogP contribution in [0.2, 0.25) is 0 Å². The van der Waals surface area contributed by atoms with Crippen molar-refractivity contribution in [3.05, 3.63) is 35.4 Å². The normalized spacial score (nSPS) is 18.8. The molecule has 2 N–H and O–H groups in total. The van der Waals surface area contributed by atoms with E-state index >= 15 is 0 Å². The van der Waals surface area contributed by atoms with Crippen molar-refractivity contribution in [2.45, 2.75) is 44.9 Å². The van der Waals surface area contributed by atoms with Crippen molar-refractivity contribution < 1.29 is 9.53 Å². The number of carbonyl (C=O) groups excluding carboxylic acids is 1. The van der Waals surface area contributed by atoms with E-state index < -0.39 is 0 Å². The van der Waals surface area contributed by atoms with E-state index in [1.165, 1.54) is 6.42 Å². The SMILES string of the molecule is CN(Cc1ccc(CN)cc1)C(=O)CC1CCCCO1. The third kappa shape index (κ3) is 4.32. The smallest absolute Gasteiger partial charge is 0.225 e. The lowest BCUT2D eigenvalue weighted by Gasteiger charge is -2.25. The molecule has 0 bridgehead atoms. The van der Waals surface area contributed by atoms with Crippen LogP contribution >= 0.6 is 0 Å². The quantitative estimate of drug-likeness (QED) is 0.895. The number of hydrogen-bond donors (Lipinski definition) is 1. The fraction of sp³-hybridized carbons (Fsp3) is 0.562. The van der Waals surface area contributed by atoms with E-state index in [1.54, 1.807) is 4.90 Å². The molecule has 2 rings (SSSR count). The van der Waals surface area contributed by atoms with Gasteiger partial charge in [-0.3, -0.25) is 4.79 Å². The minimum absolute atomic E-state index is 0.110. The Balaban J connectivity index is 1.83. The predicted octanol–water partition coefficient (Wildman–Crippen LogP) is 2.06. The van der Waals surface area contributed by atoms with E-state index in [0.29, 0.717) is 19.5 Å². The second-order valence-corrected chi connectivity index (χ2v) is 5.46. The molecule has 0 aliphatic carbocycles. The lowest BCUT2D eigenvalue weighted by molar-refractivity contribution is -0.134. The van der Waals surface area contributed by atoms with E-state index in [9.17, 15) is 4.79 Å². The first-order valence-electron chi connectivity index (χ1n) is 7.32. The van der Waals surface area contributed by atoms with Crippen molar-refractivity contribution in [2.75, 3.05) is 13.7 Å². The van der Waals surface area contributed by atoms with Crippen LogP contribution in [-0.2, 0) is 22.6 Å². The van der Waals surface area contributed by atoms with E-state index in [2.05, 4.69) is 0 Å². The highest BCUT2D eigenvalue weighted by molar-refractivity contribution is 5.76. The summed E-state index contributed by atoms with van der Waals surface area (Å²) in [5.74, 6) is 0.153. The van der Waals surface area contributed by atoms with Gasteiger partial charge in [0.15, 0.2) is 0 Å². The second kappa shape index (κ2) is 7.41. The lowest BCUT2D eigenvalue weighted by atomic mass is 10.1. The summed E-state index contributed by atoms with van der Waals surface area (Å²) in [6.07, 6.45) is 3.90. The molecule has 1 aromatic rings. The van der Waals surface area contributed by atoms with Crippen molar-refractivity contribution in [3.63, 3.8) is 0 Å². The Morgan fingerprint density at radius 2 is 2.00 bits per heavy atom. The summed E-state index contributed by atoms with van der Waals surface area (Å²) >= 11 is 0. The molecule has 1 amide bonds. The standard InChI is InChI=1S/C16H24N2O2/c1-18(12-14-7-5-13(11-17)6-8-14)16(19)10-15-4-2-3-9-20-15/h5-8,15H,2-4,9-12,17H2,1H3. The predicted molar refractivity (Wildman–Crippen MR) is 79.0 cm³/mol. The zero-order valence-electron chi connectivity index (χ0n) is 12.2. The molecule has 4 nitrogen and oxygen atoms in total. The molecule has 4 heteroatoms. The number of benzene rings is 1. The van der Waals surface area contributed by atoms with Gasteiger partial charge in [-0.15, -0.1) is 0 Å². The highest BCUT2D eigenvalue weighted by atomic mass is 16.5. The molecule has 1 saturated heterocycles. The van der Waals surface area contributed by atoms with Crippen LogP contribution in [0.25, 0.3) is 0 Å². The highest BCUT2D eigenvalue weighted by Gasteiger charge is 2.19. The largest absolute Gasteiger partial charge is 0.378 e. The number of nitrogens with two attached hydrogens (primary N) is 1. The Hall–Kier alpha value is -1.39. The molecular weight excluding hydrogens is 252 g/mol.